The molecule has 21 heavy (non-hydrogen) atoms. The molecule has 0 radical (unpaired) electrons. The number of halogens is 1. The molecule has 0 bridgehead atoms. The number of nitrogens with zero attached hydrogens (tertiary/aromatic N) is 1. The molecule has 1 aromatic heterocycles. The topological polar surface area (TPSA) is 33.5 Å². The Morgan fingerprint density at radius 3 is 2.90 bits per heavy atom. The maximum absolute atomic E-state index is 12.4. The fourth-order valence-electron chi connectivity index (χ4n) is 2.53. The SMILES string of the molecule is O=C(c1ccoc1)N1CCSC(c2ccccc2Cl)CC1. The summed E-state index contributed by atoms with van der Waals surface area (Å²) in [5.41, 5.74) is 1.79. The van der Waals surface area contributed by atoms with Crippen molar-refractivity contribution in [1.29, 1.82) is 0 Å². The normalized spacial score (nSPS) is 19.3. The lowest BCUT2D eigenvalue weighted by Gasteiger charge is -2.19. The second kappa shape index (κ2) is 6.58. The summed E-state index contributed by atoms with van der Waals surface area (Å²) in [4.78, 5) is 14.3. The molecule has 2 aromatic rings. The number of carbonyl (C=O) groups excluding carboxylic acids is 1. The standard InChI is InChI=1S/C16H16ClNO2S/c17-14-4-2-1-3-13(14)15-5-7-18(8-10-21-15)16(19)12-6-9-20-11-12/h1-4,6,9,11,15H,5,7-8,10H2. The van der Waals surface area contributed by atoms with Crippen molar-refractivity contribution in [2.75, 3.05) is 18.8 Å². The lowest BCUT2D eigenvalue weighted by molar-refractivity contribution is 0.0766. The monoisotopic (exact) mass is 321 g/mol. The maximum atomic E-state index is 12.4. The van der Waals surface area contributed by atoms with Gasteiger partial charge in [0.2, 0.25) is 0 Å². The van der Waals surface area contributed by atoms with Crippen molar-refractivity contribution in [3.63, 3.8) is 0 Å². The molecule has 1 aliphatic heterocycles. The van der Waals surface area contributed by atoms with Gasteiger partial charge in [0.1, 0.15) is 6.26 Å². The van der Waals surface area contributed by atoms with Crippen molar-refractivity contribution in [3.05, 3.63) is 59.0 Å². The predicted octanol–water partition coefficient (Wildman–Crippen LogP) is 4.25. The highest BCUT2D eigenvalue weighted by atomic mass is 35.5. The third-order valence-electron chi connectivity index (χ3n) is 3.65. The molecule has 0 N–H and O–H groups in total. The van der Waals surface area contributed by atoms with E-state index in [9.17, 15) is 4.79 Å². The van der Waals surface area contributed by atoms with Crippen LogP contribution in [-0.4, -0.2) is 29.6 Å². The van der Waals surface area contributed by atoms with E-state index in [0.29, 0.717) is 10.8 Å². The van der Waals surface area contributed by atoms with Crippen LogP contribution < -0.4 is 0 Å². The van der Waals surface area contributed by atoms with Crippen LogP contribution in [0.3, 0.4) is 0 Å². The van der Waals surface area contributed by atoms with Crippen LogP contribution in [0.4, 0.5) is 0 Å². The van der Waals surface area contributed by atoms with E-state index in [0.717, 1.165) is 30.3 Å². The second-order valence-corrected chi connectivity index (χ2v) is 6.69. The average molecular weight is 322 g/mol. The van der Waals surface area contributed by atoms with Crippen LogP contribution in [0.5, 0.6) is 0 Å². The van der Waals surface area contributed by atoms with Gasteiger partial charge in [-0.1, -0.05) is 29.8 Å². The predicted molar refractivity (Wildman–Crippen MR) is 85.9 cm³/mol. The first kappa shape index (κ1) is 14.5. The van der Waals surface area contributed by atoms with Gasteiger partial charge < -0.3 is 9.32 Å². The van der Waals surface area contributed by atoms with E-state index in [2.05, 4.69) is 6.07 Å². The summed E-state index contributed by atoms with van der Waals surface area (Å²) in [6.45, 7) is 1.50. The fourth-order valence-corrected chi connectivity index (χ4v) is 4.13. The fraction of sp³-hybridized carbons (Fsp3) is 0.312. The first-order chi connectivity index (χ1) is 10.3. The number of thioether (sulfide) groups is 1. The molecule has 1 amide bonds. The van der Waals surface area contributed by atoms with Gasteiger partial charge in [-0.05, 0) is 24.1 Å². The van der Waals surface area contributed by atoms with Crippen molar-refractivity contribution >= 4 is 29.3 Å². The Balaban J connectivity index is 1.70. The number of amides is 1. The van der Waals surface area contributed by atoms with Gasteiger partial charge in [0.05, 0.1) is 11.8 Å². The summed E-state index contributed by atoms with van der Waals surface area (Å²) >= 11 is 8.15. The lowest BCUT2D eigenvalue weighted by atomic mass is 10.1. The lowest BCUT2D eigenvalue weighted by Crippen LogP contribution is -2.32. The molecule has 110 valence electrons. The van der Waals surface area contributed by atoms with Crippen molar-refractivity contribution in [3.8, 4) is 0 Å². The third kappa shape index (κ3) is 3.27. The average Bonchev–Trinajstić information content (AvgIpc) is 2.92. The summed E-state index contributed by atoms with van der Waals surface area (Å²) in [5, 5.41) is 1.16. The highest BCUT2D eigenvalue weighted by molar-refractivity contribution is 7.99. The summed E-state index contributed by atoms with van der Waals surface area (Å²) in [6.07, 6.45) is 3.95. The van der Waals surface area contributed by atoms with Gasteiger partial charge in [0, 0.05) is 29.1 Å². The highest BCUT2D eigenvalue weighted by Gasteiger charge is 2.24. The van der Waals surface area contributed by atoms with E-state index in [4.69, 9.17) is 16.0 Å². The minimum absolute atomic E-state index is 0.0455. The zero-order valence-electron chi connectivity index (χ0n) is 11.5. The Morgan fingerprint density at radius 1 is 1.29 bits per heavy atom. The molecule has 1 unspecified atom stereocenters. The van der Waals surface area contributed by atoms with Crippen molar-refractivity contribution in [2.45, 2.75) is 11.7 Å². The van der Waals surface area contributed by atoms with Gasteiger partial charge in [-0.15, -0.1) is 0 Å². The van der Waals surface area contributed by atoms with E-state index in [1.165, 1.54) is 18.1 Å². The number of hydrogen-bond acceptors (Lipinski definition) is 3. The molecule has 1 fully saturated rings. The van der Waals surface area contributed by atoms with Gasteiger partial charge in [-0.2, -0.15) is 11.8 Å². The second-order valence-electron chi connectivity index (χ2n) is 4.97. The summed E-state index contributed by atoms with van der Waals surface area (Å²) in [6, 6.07) is 9.68. The number of rotatable bonds is 2. The van der Waals surface area contributed by atoms with Crippen LogP contribution in [0.25, 0.3) is 0 Å². The van der Waals surface area contributed by atoms with Crippen LogP contribution in [0.15, 0.2) is 47.3 Å². The zero-order valence-corrected chi connectivity index (χ0v) is 13.1. The Morgan fingerprint density at radius 2 is 2.14 bits per heavy atom. The summed E-state index contributed by atoms with van der Waals surface area (Å²) in [5.74, 6) is 0.962. The van der Waals surface area contributed by atoms with Crippen molar-refractivity contribution in [2.24, 2.45) is 0 Å². The molecule has 1 aromatic carbocycles. The van der Waals surface area contributed by atoms with E-state index < -0.39 is 0 Å². The van der Waals surface area contributed by atoms with Gasteiger partial charge >= 0.3 is 0 Å². The first-order valence-corrected chi connectivity index (χ1v) is 8.36. The van der Waals surface area contributed by atoms with Crippen LogP contribution in [0, 0.1) is 0 Å². The largest absolute Gasteiger partial charge is 0.472 e. The van der Waals surface area contributed by atoms with E-state index in [-0.39, 0.29) is 5.91 Å². The van der Waals surface area contributed by atoms with E-state index >= 15 is 0 Å². The van der Waals surface area contributed by atoms with Crippen molar-refractivity contribution < 1.29 is 9.21 Å². The molecule has 1 atom stereocenters. The summed E-state index contributed by atoms with van der Waals surface area (Å²) in [7, 11) is 0. The summed E-state index contributed by atoms with van der Waals surface area (Å²) < 4.78 is 4.99. The minimum Gasteiger partial charge on any atom is -0.472 e. The quantitative estimate of drug-likeness (QED) is 0.829. The number of furan rings is 1. The zero-order chi connectivity index (χ0) is 14.7. The van der Waals surface area contributed by atoms with Crippen LogP contribution in [0.1, 0.15) is 27.6 Å². The van der Waals surface area contributed by atoms with Gasteiger partial charge in [-0.3, -0.25) is 4.79 Å². The van der Waals surface area contributed by atoms with Crippen LogP contribution in [-0.2, 0) is 0 Å². The third-order valence-corrected chi connectivity index (χ3v) is 5.30. The molecule has 5 heteroatoms. The molecule has 3 rings (SSSR count). The van der Waals surface area contributed by atoms with E-state index in [1.54, 1.807) is 6.07 Å². The molecule has 3 nitrogen and oxygen atoms in total. The van der Waals surface area contributed by atoms with Crippen molar-refractivity contribution in [1.82, 2.24) is 4.90 Å². The Kier molecular flexibility index (Phi) is 4.56. The van der Waals surface area contributed by atoms with Gasteiger partial charge in [0.25, 0.3) is 5.91 Å². The first-order valence-electron chi connectivity index (χ1n) is 6.93. The van der Waals surface area contributed by atoms with E-state index in [1.807, 2.05) is 34.9 Å². The Labute approximate surface area is 133 Å². The van der Waals surface area contributed by atoms with Gasteiger partial charge in [-0.25, -0.2) is 0 Å². The molecule has 0 aliphatic carbocycles. The number of benzene rings is 1. The number of hydrogen-bond donors (Lipinski definition) is 0. The molecule has 0 saturated carbocycles. The molecule has 2 heterocycles. The Hall–Kier alpha value is -1.39. The van der Waals surface area contributed by atoms with Crippen LogP contribution in [0.2, 0.25) is 5.02 Å². The Bertz CT molecular complexity index is 614. The molecule has 1 aliphatic rings. The molecular formula is C16H16ClNO2S. The molecule has 0 spiro atoms. The maximum Gasteiger partial charge on any atom is 0.257 e. The highest BCUT2D eigenvalue weighted by Crippen LogP contribution is 2.37. The molecular weight excluding hydrogens is 306 g/mol. The number of carbonyl (C=O) groups is 1. The molecule has 1 saturated heterocycles. The van der Waals surface area contributed by atoms with Crippen LogP contribution >= 0.6 is 23.4 Å². The minimum atomic E-state index is 0.0455. The smallest absolute Gasteiger partial charge is 0.257 e. The van der Waals surface area contributed by atoms with Gasteiger partial charge in [0.15, 0.2) is 0 Å².